The molecule has 4 rings (SSSR count). The third-order valence-electron chi connectivity index (χ3n) is 6.35. The summed E-state index contributed by atoms with van der Waals surface area (Å²) in [4.78, 5) is 23.4. The van der Waals surface area contributed by atoms with Crippen LogP contribution in [0, 0.1) is 6.92 Å². The van der Waals surface area contributed by atoms with Crippen molar-refractivity contribution in [3.05, 3.63) is 60.2 Å². The van der Waals surface area contributed by atoms with E-state index in [2.05, 4.69) is 17.0 Å². The Hall–Kier alpha value is -3.88. The Morgan fingerprint density at radius 1 is 1.18 bits per heavy atom. The van der Waals surface area contributed by atoms with Crippen molar-refractivity contribution in [2.45, 2.75) is 71.9 Å². The minimum atomic E-state index is -0.500. The van der Waals surface area contributed by atoms with E-state index in [4.69, 9.17) is 20.2 Å². The number of carbonyl (C=O) groups excluding carboxylic acids is 1. The predicted molar refractivity (Wildman–Crippen MR) is 148 cm³/mol. The molecule has 0 spiro atoms. The molecular formula is C29H38N6O3. The number of aryl methyl sites for hydroxylation is 1. The zero-order valence-electron chi connectivity index (χ0n) is 23.0. The van der Waals surface area contributed by atoms with E-state index >= 15 is 0 Å². The fraction of sp³-hybridized carbons (Fsp3) is 0.448. The van der Waals surface area contributed by atoms with Crippen LogP contribution in [0.2, 0.25) is 0 Å². The Balaban J connectivity index is 1.51. The van der Waals surface area contributed by atoms with E-state index in [-0.39, 0.29) is 12.1 Å². The summed E-state index contributed by atoms with van der Waals surface area (Å²) in [5.74, 6) is 1.66. The number of nitrogens with zero attached hydrogens (tertiary/aromatic N) is 5. The standard InChI is InChI=1S/C29H38N6O3/c1-6-7-11-25(37-24-12-9-8-10-20(24)2)26-27(30)31-18-23(33-26)21-17-32-35(19-21)22-13-15-34(16-14-22)28(36)38-29(3,4)5/h8-12,17-19,22H,6-7,13-16H2,1-5H3,(H2,30,31)/b25-11+. The quantitative estimate of drug-likeness (QED) is 0.381. The summed E-state index contributed by atoms with van der Waals surface area (Å²) in [6, 6.07) is 8.04. The van der Waals surface area contributed by atoms with Gasteiger partial charge >= 0.3 is 6.09 Å². The highest BCUT2D eigenvalue weighted by Crippen LogP contribution is 2.29. The predicted octanol–water partition coefficient (Wildman–Crippen LogP) is 6.02. The lowest BCUT2D eigenvalue weighted by molar-refractivity contribution is 0.0185. The van der Waals surface area contributed by atoms with Crippen LogP contribution in [0.4, 0.5) is 10.6 Å². The highest BCUT2D eigenvalue weighted by atomic mass is 16.6. The minimum absolute atomic E-state index is 0.188. The third kappa shape index (κ3) is 6.70. The molecular weight excluding hydrogens is 480 g/mol. The van der Waals surface area contributed by atoms with Gasteiger partial charge in [-0.25, -0.2) is 14.8 Å². The van der Waals surface area contributed by atoms with E-state index in [1.54, 1.807) is 17.3 Å². The normalized spacial score (nSPS) is 15.0. The molecule has 1 aliphatic rings. The molecule has 2 N–H and O–H groups in total. The van der Waals surface area contributed by atoms with Gasteiger partial charge in [0.15, 0.2) is 11.6 Å². The molecule has 202 valence electrons. The van der Waals surface area contributed by atoms with Gasteiger partial charge in [-0.3, -0.25) is 4.68 Å². The number of amides is 1. The number of carbonyl (C=O) groups is 1. The number of nitrogen functional groups attached to an aromatic ring is 1. The van der Waals surface area contributed by atoms with Gasteiger partial charge in [0.2, 0.25) is 0 Å². The van der Waals surface area contributed by atoms with Gasteiger partial charge in [0.25, 0.3) is 0 Å². The Labute approximate surface area is 224 Å². The molecule has 9 nitrogen and oxygen atoms in total. The lowest BCUT2D eigenvalue weighted by Crippen LogP contribution is -2.42. The van der Waals surface area contributed by atoms with Crippen molar-refractivity contribution in [1.82, 2.24) is 24.6 Å². The molecule has 0 unspecified atom stereocenters. The number of allylic oxidation sites excluding steroid dienone is 1. The summed E-state index contributed by atoms with van der Waals surface area (Å²) in [5, 5.41) is 4.61. The smallest absolute Gasteiger partial charge is 0.410 e. The molecule has 0 saturated carbocycles. The van der Waals surface area contributed by atoms with E-state index in [0.29, 0.717) is 36.1 Å². The lowest BCUT2D eigenvalue weighted by Gasteiger charge is -2.33. The number of aromatic nitrogens is 4. The number of ether oxygens (including phenoxy) is 2. The second-order valence-corrected chi connectivity index (χ2v) is 10.6. The van der Waals surface area contributed by atoms with Gasteiger partial charge in [-0.1, -0.05) is 31.5 Å². The molecule has 1 amide bonds. The lowest BCUT2D eigenvalue weighted by atomic mass is 10.1. The Morgan fingerprint density at radius 2 is 1.92 bits per heavy atom. The molecule has 0 aliphatic carbocycles. The zero-order chi connectivity index (χ0) is 27.3. The van der Waals surface area contributed by atoms with Crippen molar-refractivity contribution in [1.29, 1.82) is 0 Å². The number of likely N-dealkylation sites (tertiary alicyclic amines) is 1. The zero-order valence-corrected chi connectivity index (χ0v) is 23.0. The fourth-order valence-electron chi connectivity index (χ4n) is 4.28. The number of rotatable bonds is 7. The van der Waals surface area contributed by atoms with Gasteiger partial charge in [0, 0.05) is 24.8 Å². The van der Waals surface area contributed by atoms with Gasteiger partial charge in [0.05, 0.1) is 24.1 Å². The first-order valence-corrected chi connectivity index (χ1v) is 13.2. The third-order valence-corrected chi connectivity index (χ3v) is 6.35. The van der Waals surface area contributed by atoms with Crippen LogP contribution in [0.5, 0.6) is 5.75 Å². The number of para-hydroxylation sites is 1. The van der Waals surface area contributed by atoms with E-state index in [9.17, 15) is 4.79 Å². The number of benzene rings is 1. The van der Waals surface area contributed by atoms with Gasteiger partial charge in [0.1, 0.15) is 17.0 Å². The first-order valence-electron chi connectivity index (χ1n) is 13.2. The molecule has 38 heavy (non-hydrogen) atoms. The maximum absolute atomic E-state index is 12.4. The first kappa shape index (κ1) is 27.2. The van der Waals surface area contributed by atoms with Gasteiger partial charge in [-0.2, -0.15) is 5.10 Å². The molecule has 0 bridgehead atoms. The molecule has 2 aromatic heterocycles. The highest BCUT2D eigenvalue weighted by Gasteiger charge is 2.28. The van der Waals surface area contributed by atoms with Crippen LogP contribution in [-0.4, -0.2) is 49.4 Å². The summed E-state index contributed by atoms with van der Waals surface area (Å²) in [6.07, 6.45) is 10.6. The van der Waals surface area contributed by atoms with Crippen molar-refractivity contribution < 1.29 is 14.3 Å². The van der Waals surface area contributed by atoms with E-state index in [1.807, 2.05) is 68.9 Å². The Kier molecular flexibility index (Phi) is 8.34. The average molecular weight is 519 g/mol. The van der Waals surface area contributed by atoms with Gasteiger partial charge in [-0.05, 0) is 64.7 Å². The van der Waals surface area contributed by atoms with E-state index in [1.165, 1.54) is 0 Å². The topological polar surface area (TPSA) is 108 Å². The summed E-state index contributed by atoms with van der Waals surface area (Å²) in [6.45, 7) is 11.0. The molecule has 1 aliphatic heterocycles. The molecule has 1 aromatic carbocycles. The van der Waals surface area contributed by atoms with Crippen LogP contribution in [0.25, 0.3) is 17.0 Å². The van der Waals surface area contributed by atoms with Crippen LogP contribution in [0.3, 0.4) is 0 Å². The summed E-state index contributed by atoms with van der Waals surface area (Å²) in [7, 11) is 0. The number of hydrogen-bond donors (Lipinski definition) is 1. The number of hydrogen-bond acceptors (Lipinski definition) is 7. The molecule has 0 radical (unpaired) electrons. The van der Waals surface area contributed by atoms with Crippen LogP contribution in [0.15, 0.2) is 48.9 Å². The maximum atomic E-state index is 12.4. The SMILES string of the molecule is CCC/C=C(/Oc1ccccc1C)c1nc(-c2cnn(C3CCN(C(=O)OC(C)(C)C)CC3)c2)cnc1N. The number of piperidine rings is 1. The van der Waals surface area contributed by atoms with Crippen LogP contribution >= 0.6 is 0 Å². The van der Waals surface area contributed by atoms with Crippen LogP contribution in [-0.2, 0) is 4.74 Å². The number of unbranched alkanes of at least 4 members (excludes halogenated alkanes) is 1. The summed E-state index contributed by atoms with van der Waals surface area (Å²) in [5.41, 5.74) is 8.82. The van der Waals surface area contributed by atoms with Crippen LogP contribution in [0.1, 0.15) is 70.7 Å². The van der Waals surface area contributed by atoms with Gasteiger partial charge in [-0.15, -0.1) is 0 Å². The van der Waals surface area contributed by atoms with Gasteiger partial charge < -0.3 is 20.1 Å². The summed E-state index contributed by atoms with van der Waals surface area (Å²) < 4.78 is 13.7. The van der Waals surface area contributed by atoms with Crippen molar-refractivity contribution in [3.63, 3.8) is 0 Å². The Morgan fingerprint density at radius 3 is 2.61 bits per heavy atom. The highest BCUT2D eigenvalue weighted by molar-refractivity contribution is 5.70. The maximum Gasteiger partial charge on any atom is 0.410 e. The van der Waals surface area contributed by atoms with E-state index in [0.717, 1.165) is 42.6 Å². The molecule has 1 saturated heterocycles. The van der Waals surface area contributed by atoms with Crippen LogP contribution < -0.4 is 10.5 Å². The Bertz CT molecular complexity index is 1290. The second-order valence-electron chi connectivity index (χ2n) is 10.6. The number of nitrogens with two attached hydrogens (primary N) is 1. The molecule has 9 heteroatoms. The fourth-order valence-corrected chi connectivity index (χ4v) is 4.28. The monoisotopic (exact) mass is 518 g/mol. The minimum Gasteiger partial charge on any atom is -0.455 e. The number of anilines is 1. The molecule has 0 atom stereocenters. The van der Waals surface area contributed by atoms with Crippen molar-refractivity contribution >= 4 is 17.7 Å². The first-order chi connectivity index (χ1) is 18.1. The van der Waals surface area contributed by atoms with Crippen molar-refractivity contribution in [2.24, 2.45) is 0 Å². The average Bonchev–Trinajstić information content (AvgIpc) is 3.37. The molecule has 1 fully saturated rings. The van der Waals surface area contributed by atoms with Crippen molar-refractivity contribution in [2.75, 3.05) is 18.8 Å². The summed E-state index contributed by atoms with van der Waals surface area (Å²) >= 11 is 0. The largest absolute Gasteiger partial charge is 0.455 e. The van der Waals surface area contributed by atoms with E-state index < -0.39 is 5.60 Å². The molecule has 3 heterocycles. The van der Waals surface area contributed by atoms with Crippen molar-refractivity contribution in [3.8, 4) is 17.0 Å². The molecule has 3 aromatic rings. The second kappa shape index (κ2) is 11.7.